The van der Waals surface area contributed by atoms with Crippen LogP contribution >= 0.6 is 34.8 Å². The molecule has 0 radical (unpaired) electrons. The number of halogens is 5. The molecule has 0 aliphatic heterocycles. The van der Waals surface area contributed by atoms with Gasteiger partial charge in [-0.3, -0.25) is 14.4 Å². The molecule has 0 fully saturated rings. The maximum Gasteiger partial charge on any atom is 0.274 e. The molecule has 0 aliphatic carbocycles. The van der Waals surface area contributed by atoms with E-state index in [1.165, 1.54) is 27.4 Å². The molecule has 19 heteroatoms. The van der Waals surface area contributed by atoms with Crippen molar-refractivity contribution in [2.24, 2.45) is 0 Å². The highest BCUT2D eigenvalue weighted by molar-refractivity contribution is 6.31. The molecule has 0 saturated heterocycles. The van der Waals surface area contributed by atoms with Crippen LogP contribution < -0.4 is 27.1 Å². The Balaban J connectivity index is 0.000000135. The number of pyridine rings is 3. The second-order valence-electron chi connectivity index (χ2n) is 18.0. The van der Waals surface area contributed by atoms with Crippen LogP contribution in [-0.4, -0.2) is 51.4 Å². The third-order valence-corrected chi connectivity index (χ3v) is 13.5. The summed E-state index contributed by atoms with van der Waals surface area (Å²) >= 11 is 17.8. The fourth-order valence-corrected chi connectivity index (χ4v) is 9.12. The topological polar surface area (TPSA) is 179 Å². The average Bonchev–Trinajstić information content (AvgIpc) is 3.56. The summed E-state index contributed by atoms with van der Waals surface area (Å²) < 4.78 is 38.0. The van der Waals surface area contributed by atoms with E-state index >= 15 is 0 Å². The fraction of sp³-hybridized carbons (Fsp3) is 0.0656. The number of benzene rings is 6. The molecule has 0 unspecified atom stereocenters. The van der Waals surface area contributed by atoms with E-state index in [0.29, 0.717) is 71.4 Å². The quantitative estimate of drug-likeness (QED) is 0.129. The first-order chi connectivity index (χ1) is 38.8. The van der Waals surface area contributed by atoms with E-state index in [0.717, 1.165) is 27.6 Å². The summed E-state index contributed by atoms with van der Waals surface area (Å²) in [6, 6.07) is 53.1. The van der Waals surface area contributed by atoms with Crippen LogP contribution in [0, 0.1) is 11.9 Å². The van der Waals surface area contributed by atoms with Gasteiger partial charge >= 0.3 is 0 Å². The number of nitrogen functional groups attached to an aromatic ring is 1. The molecular weight excluding hydrogens is 1080 g/mol. The van der Waals surface area contributed by atoms with Crippen molar-refractivity contribution in [2.75, 3.05) is 12.8 Å². The number of methoxy groups -OCH3 is 1. The number of rotatable bonds is 10. The molecule has 6 aromatic heterocycles. The van der Waals surface area contributed by atoms with Crippen LogP contribution in [-0.2, 0) is 19.6 Å². The number of nitrogens with zero attached hydrogens (tertiary/aromatic N) is 9. The Labute approximate surface area is 469 Å². The van der Waals surface area contributed by atoms with Crippen LogP contribution in [0.15, 0.2) is 209 Å². The van der Waals surface area contributed by atoms with Gasteiger partial charge in [-0.05, 0) is 102 Å². The van der Waals surface area contributed by atoms with Gasteiger partial charge in [0.1, 0.15) is 22.9 Å². The van der Waals surface area contributed by atoms with Gasteiger partial charge in [-0.2, -0.15) is 29.1 Å². The molecule has 0 amide bonds. The number of aromatic nitrogens is 9. The molecule has 14 nitrogen and oxygen atoms in total. The highest BCUT2D eigenvalue weighted by atomic mass is 35.5. The SMILES string of the molecule is COc1ccc(-c2nn(Cc3ccc(Cl)cc3)c(=O)c3ccccc23)c(F)n1.Nc1ccc(-c2nn(Cc3ccc(Cl)cc3)c(=O)c3ccccc23)cn1.O=c1c2ccccc2c(-c2cccnc2F)nn1Cc1ccc(Cl)cc1. The largest absolute Gasteiger partial charge is 0.481 e. The zero-order valence-electron chi connectivity index (χ0n) is 42.2. The van der Waals surface area contributed by atoms with Crippen molar-refractivity contribution in [1.29, 1.82) is 0 Å². The summed E-state index contributed by atoms with van der Waals surface area (Å²) in [5.74, 6) is -0.733. The van der Waals surface area contributed by atoms with Crippen LogP contribution in [0.25, 0.3) is 66.1 Å². The van der Waals surface area contributed by atoms with Gasteiger partial charge in [0, 0.05) is 55.3 Å². The lowest BCUT2D eigenvalue weighted by atomic mass is 10.1. The molecule has 0 spiro atoms. The van der Waals surface area contributed by atoms with Gasteiger partial charge in [-0.1, -0.05) is 126 Å². The van der Waals surface area contributed by atoms with Gasteiger partial charge in [0.25, 0.3) is 16.7 Å². The zero-order chi connectivity index (χ0) is 55.9. The van der Waals surface area contributed by atoms with Gasteiger partial charge in [-0.15, -0.1) is 0 Å². The van der Waals surface area contributed by atoms with E-state index in [9.17, 15) is 23.2 Å². The van der Waals surface area contributed by atoms with Crippen LogP contribution in [0.3, 0.4) is 0 Å². The van der Waals surface area contributed by atoms with Crippen LogP contribution in [0.4, 0.5) is 14.6 Å². The molecule has 2 N–H and O–H groups in total. The van der Waals surface area contributed by atoms with Gasteiger partial charge in [0.15, 0.2) is 0 Å². The molecule has 6 heterocycles. The van der Waals surface area contributed by atoms with E-state index in [1.54, 1.807) is 121 Å². The standard InChI is InChI=1S/C21H15ClFN3O2.C20H13ClFN3O.C20H15ClN4O/c1-28-18-11-10-17(20(23)24-18)19-15-4-2-3-5-16(15)21(27)26(25-19)12-13-6-8-14(22)9-7-13;21-14-9-7-13(8-10-14)12-25-20(26)16-5-2-1-4-15(16)18(24-25)17-6-3-11-23-19(17)22;21-15-8-5-13(6-9-15)12-25-20(26)17-4-2-1-3-16(17)19(24-25)14-7-10-18(22)23-11-14/h2-11H,12H2,1H3;1-11H,12H2;1-11H,12H2,(H2,22,23). The second kappa shape index (κ2) is 24.0. The number of hydrogen-bond donors (Lipinski definition) is 1. The highest BCUT2D eigenvalue weighted by Gasteiger charge is 2.19. The summed E-state index contributed by atoms with van der Waals surface area (Å²) in [5.41, 5.74) is 10.4. The molecule has 0 bridgehead atoms. The fourth-order valence-electron chi connectivity index (χ4n) is 8.74. The first-order valence-electron chi connectivity index (χ1n) is 24.6. The number of anilines is 1. The maximum atomic E-state index is 14.6. The number of fused-ring (bicyclic) bond motifs is 3. The Morgan fingerprint density at radius 2 is 0.850 bits per heavy atom. The normalized spacial score (nSPS) is 11.0. The summed E-state index contributed by atoms with van der Waals surface area (Å²) in [6.45, 7) is 0.852. The zero-order valence-corrected chi connectivity index (χ0v) is 44.5. The Kier molecular flexibility index (Phi) is 16.2. The molecule has 0 atom stereocenters. The van der Waals surface area contributed by atoms with Crippen molar-refractivity contribution in [3.05, 3.63) is 269 Å². The third-order valence-electron chi connectivity index (χ3n) is 12.7. The van der Waals surface area contributed by atoms with Gasteiger partial charge in [0.05, 0.1) is 54.0 Å². The lowest BCUT2D eigenvalue weighted by molar-refractivity contribution is 0.388. The average molecular weight is 1120 g/mol. The van der Waals surface area contributed by atoms with Gasteiger partial charge in [-0.25, -0.2) is 24.0 Å². The third kappa shape index (κ3) is 12.0. The Hall–Kier alpha value is -9.48. The summed E-state index contributed by atoms with van der Waals surface area (Å²) in [7, 11) is 1.42. The Morgan fingerprint density at radius 1 is 0.450 bits per heavy atom. The molecule has 0 aliphatic rings. The Morgan fingerprint density at radius 3 is 1.24 bits per heavy atom. The maximum absolute atomic E-state index is 14.6. The smallest absolute Gasteiger partial charge is 0.274 e. The van der Waals surface area contributed by atoms with Gasteiger partial charge in [0.2, 0.25) is 17.8 Å². The predicted molar refractivity (Wildman–Crippen MR) is 310 cm³/mol. The van der Waals surface area contributed by atoms with Crippen molar-refractivity contribution < 1.29 is 13.5 Å². The lowest BCUT2D eigenvalue weighted by Gasteiger charge is -2.12. The highest BCUT2D eigenvalue weighted by Crippen LogP contribution is 2.30. The van der Waals surface area contributed by atoms with Crippen molar-refractivity contribution >= 4 is 72.9 Å². The molecule has 80 heavy (non-hydrogen) atoms. The number of hydrogen-bond acceptors (Lipinski definition) is 11. The molecule has 0 saturated carbocycles. The van der Waals surface area contributed by atoms with Crippen molar-refractivity contribution in [3.63, 3.8) is 0 Å². The minimum absolute atomic E-state index is 0.136. The molecule has 396 valence electrons. The minimum atomic E-state index is -0.714. The van der Waals surface area contributed by atoms with Crippen LogP contribution in [0.1, 0.15) is 16.7 Å². The first-order valence-corrected chi connectivity index (χ1v) is 25.7. The predicted octanol–water partition coefficient (Wildman–Crippen LogP) is 12.3. The molecule has 6 aromatic carbocycles. The Bertz CT molecular complexity index is 4410. The van der Waals surface area contributed by atoms with E-state index in [1.807, 2.05) is 66.7 Å². The number of ether oxygens (including phenoxy) is 1. The summed E-state index contributed by atoms with van der Waals surface area (Å²) in [5, 5.41) is 18.9. The van der Waals surface area contributed by atoms with Crippen molar-refractivity contribution in [3.8, 4) is 39.7 Å². The van der Waals surface area contributed by atoms with Crippen LogP contribution in [0.2, 0.25) is 15.1 Å². The summed E-state index contributed by atoms with van der Waals surface area (Å²) in [6.07, 6.45) is 3.05. The van der Waals surface area contributed by atoms with E-state index in [4.69, 9.17) is 45.3 Å². The lowest BCUT2D eigenvalue weighted by Crippen LogP contribution is -2.24. The minimum Gasteiger partial charge on any atom is -0.481 e. The van der Waals surface area contributed by atoms with Gasteiger partial charge < -0.3 is 10.5 Å². The van der Waals surface area contributed by atoms with Crippen molar-refractivity contribution in [2.45, 2.75) is 19.6 Å². The summed E-state index contributed by atoms with van der Waals surface area (Å²) in [4.78, 5) is 50.3. The second-order valence-corrected chi connectivity index (χ2v) is 19.3. The molecule has 12 rings (SSSR count). The molecular formula is C61H43Cl3F2N10O4. The van der Waals surface area contributed by atoms with Crippen LogP contribution in [0.5, 0.6) is 5.88 Å². The van der Waals surface area contributed by atoms with Crippen molar-refractivity contribution in [1.82, 2.24) is 44.3 Å². The first kappa shape index (κ1) is 53.9. The monoisotopic (exact) mass is 1120 g/mol. The van der Waals surface area contributed by atoms with E-state index in [-0.39, 0.29) is 46.8 Å². The van der Waals surface area contributed by atoms with E-state index < -0.39 is 11.9 Å². The molecule has 12 aromatic rings. The number of nitrogens with two attached hydrogens (primary N) is 1. The van der Waals surface area contributed by atoms with E-state index in [2.05, 4.69) is 30.2 Å².